The number of halogens is 1. The summed E-state index contributed by atoms with van der Waals surface area (Å²) in [6.07, 6.45) is 1.34. The van der Waals surface area contributed by atoms with Crippen molar-refractivity contribution in [3.8, 4) is 0 Å². The number of nitrogens with one attached hydrogen (secondary N) is 2. The van der Waals surface area contributed by atoms with Crippen LogP contribution in [0.3, 0.4) is 0 Å². The number of nitrogens with zero attached hydrogens (tertiary/aromatic N) is 3. The van der Waals surface area contributed by atoms with Gasteiger partial charge in [-0.05, 0) is 36.4 Å². The van der Waals surface area contributed by atoms with E-state index in [4.69, 9.17) is 22.7 Å². The predicted octanol–water partition coefficient (Wildman–Crippen LogP) is 0.862. The highest BCUT2D eigenvalue weighted by Crippen LogP contribution is 2.33. The van der Waals surface area contributed by atoms with Gasteiger partial charge in [0.05, 0.1) is 13.1 Å². The number of nitrogens with two attached hydrogens (primary N) is 1. The number of hydrogen-bond donors (Lipinski definition) is 3. The molecule has 0 unspecified atom stereocenters. The smallest absolute Gasteiger partial charge is 0.253 e. The van der Waals surface area contributed by atoms with E-state index in [9.17, 15) is 18.0 Å². The van der Waals surface area contributed by atoms with Crippen molar-refractivity contribution in [2.45, 2.75) is 23.1 Å². The molecule has 4 N–H and O–H groups in total. The molecule has 2 aliphatic rings. The number of hydrogen-bond acceptors (Lipinski definition) is 6. The Kier molecular flexibility index (Phi) is 6.80. The molecule has 1 aromatic carbocycles. The van der Waals surface area contributed by atoms with Gasteiger partial charge in [-0.2, -0.15) is 4.31 Å². The number of likely N-dealkylation sites (tertiary alicyclic amines) is 1. The molecule has 178 valence electrons. The predicted molar refractivity (Wildman–Crippen MR) is 127 cm³/mol. The molecule has 0 saturated carbocycles. The Bertz CT molecular complexity index is 1190. The molecule has 0 atom stereocenters. The maximum atomic E-state index is 13.1. The molecule has 3 heterocycles. The Morgan fingerprint density at radius 1 is 1.21 bits per heavy atom. The number of carbonyl (C=O) groups excluding carboxylic acids is 2. The van der Waals surface area contributed by atoms with E-state index in [-0.39, 0.29) is 48.3 Å². The monoisotopic (exact) mass is 512 g/mol. The van der Waals surface area contributed by atoms with Crippen LogP contribution in [-0.4, -0.2) is 85.6 Å². The van der Waals surface area contributed by atoms with Gasteiger partial charge in [0.1, 0.15) is 4.21 Å². The minimum atomic E-state index is -3.83. The Morgan fingerprint density at radius 3 is 2.61 bits per heavy atom. The van der Waals surface area contributed by atoms with Crippen molar-refractivity contribution in [2.24, 2.45) is 5.73 Å². The Morgan fingerprint density at radius 2 is 1.94 bits per heavy atom. The van der Waals surface area contributed by atoms with Crippen molar-refractivity contribution in [1.82, 2.24) is 19.4 Å². The van der Waals surface area contributed by atoms with E-state index < -0.39 is 15.9 Å². The van der Waals surface area contributed by atoms with E-state index >= 15 is 0 Å². The fourth-order valence-corrected chi connectivity index (χ4v) is 7.22. The quantitative estimate of drug-likeness (QED) is 0.401. The standard InChI is InChI=1S/C20H25ClN6O4S2/c21-14-2-1-13-9-19(32-16(13)10-14)33(30,31)27-8-7-26(18(29)12-27)11-17(28)24-15-3-5-25(6-4-15)20(22)23/h1-2,9-10,15H,3-8,11-12H2,(H3,22,23)(H,24,28). The number of piperazine rings is 1. The molecule has 13 heteroatoms. The number of piperidine rings is 1. The van der Waals surface area contributed by atoms with Gasteiger partial charge >= 0.3 is 0 Å². The molecule has 33 heavy (non-hydrogen) atoms. The van der Waals surface area contributed by atoms with Crippen LogP contribution in [0.5, 0.6) is 0 Å². The van der Waals surface area contributed by atoms with E-state index in [1.54, 1.807) is 29.2 Å². The second-order valence-electron chi connectivity index (χ2n) is 8.12. The van der Waals surface area contributed by atoms with E-state index in [1.165, 1.54) is 4.90 Å². The number of rotatable bonds is 5. The van der Waals surface area contributed by atoms with E-state index in [2.05, 4.69) is 5.32 Å². The molecule has 2 amide bonds. The number of thiophene rings is 1. The maximum Gasteiger partial charge on any atom is 0.253 e. The highest BCUT2D eigenvalue weighted by atomic mass is 35.5. The highest BCUT2D eigenvalue weighted by molar-refractivity contribution is 7.91. The van der Waals surface area contributed by atoms with E-state index in [0.29, 0.717) is 31.0 Å². The molecule has 1 aromatic heterocycles. The van der Waals surface area contributed by atoms with Gasteiger partial charge in [-0.3, -0.25) is 15.0 Å². The summed E-state index contributed by atoms with van der Waals surface area (Å²) in [4.78, 5) is 28.2. The lowest BCUT2D eigenvalue weighted by Crippen LogP contribution is -2.55. The Labute approximate surface area is 200 Å². The van der Waals surface area contributed by atoms with Crippen molar-refractivity contribution in [3.63, 3.8) is 0 Å². The van der Waals surface area contributed by atoms with Gasteiger partial charge in [0.25, 0.3) is 10.0 Å². The summed E-state index contributed by atoms with van der Waals surface area (Å²) >= 11 is 7.11. The van der Waals surface area contributed by atoms with Crippen LogP contribution < -0.4 is 11.1 Å². The maximum absolute atomic E-state index is 13.1. The van der Waals surface area contributed by atoms with Crippen LogP contribution in [0.1, 0.15) is 12.8 Å². The minimum absolute atomic E-state index is 0.0256. The fraction of sp³-hybridized carbons (Fsp3) is 0.450. The van der Waals surface area contributed by atoms with Crippen molar-refractivity contribution < 1.29 is 18.0 Å². The summed E-state index contributed by atoms with van der Waals surface area (Å²) < 4.78 is 28.2. The number of guanidine groups is 1. The van der Waals surface area contributed by atoms with Crippen molar-refractivity contribution >= 4 is 60.8 Å². The average Bonchev–Trinajstić information content (AvgIpc) is 3.19. The van der Waals surface area contributed by atoms with Crippen LogP contribution in [0.25, 0.3) is 10.1 Å². The van der Waals surface area contributed by atoms with Crippen LogP contribution in [0.15, 0.2) is 28.5 Å². The van der Waals surface area contributed by atoms with Gasteiger partial charge in [-0.1, -0.05) is 17.7 Å². The summed E-state index contributed by atoms with van der Waals surface area (Å²) in [6, 6.07) is 6.73. The molecular formula is C20H25ClN6O4S2. The SMILES string of the molecule is N=C(N)N1CCC(NC(=O)CN2CCN(S(=O)(=O)c3cc4ccc(Cl)cc4s3)CC2=O)CC1. The summed E-state index contributed by atoms with van der Waals surface area (Å²) in [7, 11) is -3.83. The molecule has 10 nitrogen and oxygen atoms in total. The Balaban J connectivity index is 1.33. The van der Waals surface area contributed by atoms with Gasteiger partial charge in [0.2, 0.25) is 11.8 Å². The van der Waals surface area contributed by atoms with Gasteiger partial charge < -0.3 is 20.9 Å². The third-order valence-electron chi connectivity index (χ3n) is 5.87. The van der Waals surface area contributed by atoms with Gasteiger partial charge in [-0.15, -0.1) is 11.3 Å². The third-order valence-corrected chi connectivity index (χ3v) is 9.50. The van der Waals surface area contributed by atoms with E-state index in [1.807, 2.05) is 0 Å². The second kappa shape index (κ2) is 9.45. The van der Waals surface area contributed by atoms with Crippen LogP contribution in [-0.2, 0) is 19.6 Å². The lowest BCUT2D eigenvalue weighted by Gasteiger charge is -2.34. The lowest BCUT2D eigenvalue weighted by atomic mass is 10.1. The number of amides is 2. The van der Waals surface area contributed by atoms with Crippen molar-refractivity contribution in [1.29, 1.82) is 5.41 Å². The van der Waals surface area contributed by atoms with Crippen LogP contribution >= 0.6 is 22.9 Å². The topological polar surface area (TPSA) is 140 Å². The molecule has 2 saturated heterocycles. The molecule has 2 fully saturated rings. The molecule has 2 aromatic rings. The summed E-state index contributed by atoms with van der Waals surface area (Å²) in [5, 5.41) is 11.7. The fourth-order valence-electron chi connectivity index (χ4n) is 4.01. The molecule has 4 rings (SSSR count). The van der Waals surface area contributed by atoms with Crippen LogP contribution in [0, 0.1) is 5.41 Å². The molecule has 0 spiro atoms. The normalized spacial score (nSPS) is 18.6. The third kappa shape index (κ3) is 5.24. The number of carbonyl (C=O) groups is 2. The van der Waals surface area contributed by atoms with Gasteiger partial charge in [-0.25, -0.2) is 8.42 Å². The number of sulfonamides is 1. The van der Waals surface area contributed by atoms with E-state index in [0.717, 1.165) is 25.7 Å². The molecule has 2 aliphatic heterocycles. The van der Waals surface area contributed by atoms with Crippen LogP contribution in [0.2, 0.25) is 5.02 Å². The molecular weight excluding hydrogens is 488 g/mol. The van der Waals surface area contributed by atoms with Crippen molar-refractivity contribution in [3.05, 3.63) is 29.3 Å². The van der Waals surface area contributed by atoms with Crippen molar-refractivity contribution in [2.75, 3.05) is 39.3 Å². The van der Waals surface area contributed by atoms with Gasteiger partial charge in [0, 0.05) is 41.9 Å². The average molecular weight is 513 g/mol. The lowest BCUT2D eigenvalue weighted by molar-refractivity contribution is -0.138. The summed E-state index contributed by atoms with van der Waals surface area (Å²) in [5.74, 6) is -0.657. The van der Waals surface area contributed by atoms with Crippen LogP contribution in [0.4, 0.5) is 0 Å². The summed E-state index contributed by atoms with van der Waals surface area (Å²) in [6.45, 7) is 1.04. The zero-order chi connectivity index (χ0) is 23.8. The number of benzene rings is 1. The molecule has 0 radical (unpaired) electrons. The van der Waals surface area contributed by atoms with Gasteiger partial charge in [0.15, 0.2) is 5.96 Å². The zero-order valence-electron chi connectivity index (χ0n) is 17.8. The number of fused-ring (bicyclic) bond motifs is 1. The zero-order valence-corrected chi connectivity index (χ0v) is 20.2. The summed E-state index contributed by atoms with van der Waals surface area (Å²) in [5.41, 5.74) is 5.48. The molecule has 0 bridgehead atoms. The largest absolute Gasteiger partial charge is 0.370 e. The second-order valence-corrected chi connectivity index (χ2v) is 11.8. The first-order valence-corrected chi connectivity index (χ1v) is 13.1. The first-order valence-electron chi connectivity index (χ1n) is 10.5. The highest BCUT2D eigenvalue weighted by Gasteiger charge is 2.34. The molecule has 0 aliphatic carbocycles. The minimum Gasteiger partial charge on any atom is -0.370 e. The first kappa shape index (κ1) is 23.7. The Hall–Kier alpha value is -2.41. The first-order chi connectivity index (χ1) is 15.6.